The summed E-state index contributed by atoms with van der Waals surface area (Å²) in [6, 6.07) is 7.45. The maximum atomic E-state index is 12.8. The summed E-state index contributed by atoms with van der Waals surface area (Å²) >= 11 is 1.65. The van der Waals surface area contributed by atoms with Crippen molar-refractivity contribution in [3.63, 3.8) is 0 Å². The minimum Gasteiger partial charge on any atom is -0.379 e. The summed E-state index contributed by atoms with van der Waals surface area (Å²) in [6.45, 7) is 3.86. The van der Waals surface area contributed by atoms with Gasteiger partial charge in [-0.1, -0.05) is 19.3 Å². The number of aromatic nitrogens is 1. The van der Waals surface area contributed by atoms with Crippen molar-refractivity contribution in [3.05, 3.63) is 40.1 Å². The first-order valence-corrected chi connectivity index (χ1v) is 12.3. The molecule has 6 nitrogen and oxygen atoms in total. The molecule has 1 aliphatic carbocycles. The van der Waals surface area contributed by atoms with E-state index in [0.717, 1.165) is 10.5 Å². The van der Waals surface area contributed by atoms with E-state index in [1.807, 2.05) is 0 Å². The van der Waals surface area contributed by atoms with Gasteiger partial charge in [0.2, 0.25) is 10.0 Å². The van der Waals surface area contributed by atoms with Crippen molar-refractivity contribution >= 4 is 27.0 Å². The molecule has 152 valence electrons. The maximum absolute atomic E-state index is 12.8. The molecule has 28 heavy (non-hydrogen) atoms. The Kier molecular flexibility index (Phi) is 6.01. The SMILES string of the molecule is Cc1csc(=Nc2ccc(S(=O)(=O)N3CCOCC3)cc2)n1C1CCCCC1. The highest BCUT2D eigenvalue weighted by molar-refractivity contribution is 7.89. The number of sulfonamides is 1. The van der Waals surface area contributed by atoms with Crippen LogP contribution in [0, 0.1) is 6.92 Å². The van der Waals surface area contributed by atoms with Crippen LogP contribution < -0.4 is 4.80 Å². The monoisotopic (exact) mass is 421 g/mol. The fourth-order valence-electron chi connectivity index (χ4n) is 4.01. The van der Waals surface area contributed by atoms with Crippen molar-refractivity contribution < 1.29 is 13.2 Å². The number of aryl methyl sites for hydroxylation is 1. The van der Waals surface area contributed by atoms with Gasteiger partial charge >= 0.3 is 0 Å². The van der Waals surface area contributed by atoms with E-state index in [4.69, 9.17) is 9.73 Å². The zero-order chi connectivity index (χ0) is 19.6. The molecule has 2 fully saturated rings. The fraction of sp³-hybridized carbons (Fsp3) is 0.550. The average molecular weight is 422 g/mol. The number of benzene rings is 1. The first kappa shape index (κ1) is 19.8. The molecule has 0 spiro atoms. The summed E-state index contributed by atoms with van der Waals surface area (Å²) in [5.41, 5.74) is 2.04. The van der Waals surface area contributed by atoms with Gasteiger partial charge in [-0.25, -0.2) is 13.4 Å². The third-order valence-electron chi connectivity index (χ3n) is 5.53. The Bertz CT molecular complexity index is 965. The molecule has 0 unspecified atom stereocenters. The zero-order valence-corrected chi connectivity index (χ0v) is 17.8. The number of morpholine rings is 1. The summed E-state index contributed by atoms with van der Waals surface area (Å²) in [6.07, 6.45) is 6.30. The second kappa shape index (κ2) is 8.49. The molecule has 0 bridgehead atoms. The van der Waals surface area contributed by atoms with Gasteiger partial charge in [-0.3, -0.25) is 0 Å². The van der Waals surface area contributed by atoms with Gasteiger partial charge in [0.15, 0.2) is 4.80 Å². The highest BCUT2D eigenvalue weighted by atomic mass is 32.2. The van der Waals surface area contributed by atoms with Gasteiger partial charge in [0.1, 0.15) is 0 Å². The van der Waals surface area contributed by atoms with E-state index in [0.29, 0.717) is 37.2 Å². The highest BCUT2D eigenvalue weighted by Crippen LogP contribution is 2.29. The van der Waals surface area contributed by atoms with Crippen molar-refractivity contribution in [1.82, 2.24) is 8.87 Å². The van der Waals surface area contributed by atoms with Gasteiger partial charge < -0.3 is 9.30 Å². The molecule has 0 atom stereocenters. The molecular formula is C20H27N3O3S2. The van der Waals surface area contributed by atoms with Crippen LogP contribution in [0.1, 0.15) is 43.8 Å². The van der Waals surface area contributed by atoms with E-state index in [2.05, 4.69) is 16.9 Å². The Hall–Kier alpha value is -1.48. The first-order chi connectivity index (χ1) is 13.6. The quantitative estimate of drug-likeness (QED) is 0.757. The van der Waals surface area contributed by atoms with Crippen LogP contribution in [0.5, 0.6) is 0 Å². The first-order valence-electron chi connectivity index (χ1n) is 9.95. The molecule has 1 saturated carbocycles. The lowest BCUT2D eigenvalue weighted by Gasteiger charge is -2.26. The van der Waals surface area contributed by atoms with Gasteiger partial charge in [-0.05, 0) is 44.0 Å². The van der Waals surface area contributed by atoms with Crippen molar-refractivity contribution in [1.29, 1.82) is 0 Å². The minimum atomic E-state index is -3.46. The van der Waals surface area contributed by atoms with Gasteiger partial charge in [-0.2, -0.15) is 4.31 Å². The molecule has 1 saturated heterocycles. The van der Waals surface area contributed by atoms with Crippen molar-refractivity contribution in [2.45, 2.75) is 50.0 Å². The number of ether oxygens (including phenoxy) is 1. The Morgan fingerprint density at radius 3 is 2.43 bits per heavy atom. The van der Waals surface area contributed by atoms with Crippen molar-refractivity contribution in [2.24, 2.45) is 4.99 Å². The zero-order valence-electron chi connectivity index (χ0n) is 16.2. The molecule has 2 aliphatic rings. The summed E-state index contributed by atoms with van der Waals surface area (Å²) in [4.78, 5) is 6.14. The molecule has 1 aromatic heterocycles. The van der Waals surface area contributed by atoms with Crippen LogP contribution in [-0.4, -0.2) is 43.6 Å². The van der Waals surface area contributed by atoms with E-state index in [1.54, 1.807) is 35.6 Å². The normalized spacial score (nSPS) is 20.5. The Labute approximate surface area is 170 Å². The van der Waals surface area contributed by atoms with Crippen LogP contribution in [-0.2, 0) is 14.8 Å². The lowest BCUT2D eigenvalue weighted by Crippen LogP contribution is -2.40. The summed E-state index contributed by atoms with van der Waals surface area (Å²) in [7, 11) is -3.46. The molecule has 1 aromatic carbocycles. The third kappa shape index (κ3) is 4.10. The number of rotatable bonds is 4. The Morgan fingerprint density at radius 2 is 1.75 bits per heavy atom. The number of hydrogen-bond donors (Lipinski definition) is 0. The molecular weight excluding hydrogens is 394 g/mol. The molecule has 2 aromatic rings. The standard InChI is InChI=1S/C20H27N3O3S2/c1-16-15-27-20(23(16)18-5-3-2-4-6-18)21-17-7-9-19(10-8-17)28(24,25)22-11-13-26-14-12-22/h7-10,15,18H,2-6,11-14H2,1H3. The summed E-state index contributed by atoms with van der Waals surface area (Å²) in [5, 5.41) is 2.16. The van der Waals surface area contributed by atoms with Crippen LogP contribution in [0.25, 0.3) is 0 Å². The van der Waals surface area contributed by atoms with Gasteiger partial charge in [0, 0.05) is 30.2 Å². The van der Waals surface area contributed by atoms with E-state index >= 15 is 0 Å². The van der Waals surface area contributed by atoms with Gasteiger partial charge in [0.05, 0.1) is 23.8 Å². The maximum Gasteiger partial charge on any atom is 0.243 e. The van der Waals surface area contributed by atoms with Crippen LogP contribution >= 0.6 is 11.3 Å². The lowest BCUT2D eigenvalue weighted by molar-refractivity contribution is 0.0730. The largest absolute Gasteiger partial charge is 0.379 e. The second-order valence-corrected chi connectivity index (χ2v) is 10.2. The van der Waals surface area contributed by atoms with E-state index < -0.39 is 10.0 Å². The number of hydrogen-bond acceptors (Lipinski definition) is 5. The molecule has 0 amide bonds. The molecule has 4 rings (SSSR count). The summed E-state index contributed by atoms with van der Waals surface area (Å²) < 4.78 is 34.6. The van der Waals surface area contributed by atoms with E-state index in [1.165, 1.54) is 42.1 Å². The van der Waals surface area contributed by atoms with E-state index in [-0.39, 0.29) is 0 Å². The molecule has 2 heterocycles. The predicted molar refractivity (Wildman–Crippen MR) is 110 cm³/mol. The van der Waals surface area contributed by atoms with Gasteiger partial charge in [-0.15, -0.1) is 11.3 Å². The van der Waals surface area contributed by atoms with Crippen LogP contribution in [0.2, 0.25) is 0 Å². The smallest absolute Gasteiger partial charge is 0.243 e. The van der Waals surface area contributed by atoms with E-state index in [9.17, 15) is 8.42 Å². The number of nitrogens with zero attached hydrogens (tertiary/aromatic N) is 3. The Morgan fingerprint density at radius 1 is 1.07 bits per heavy atom. The molecule has 1 aliphatic heterocycles. The second-order valence-electron chi connectivity index (χ2n) is 7.44. The Balaban J connectivity index is 1.60. The van der Waals surface area contributed by atoms with Crippen LogP contribution in [0.3, 0.4) is 0 Å². The fourth-order valence-corrected chi connectivity index (χ4v) is 6.37. The number of thiazole rings is 1. The van der Waals surface area contributed by atoms with Crippen molar-refractivity contribution in [3.8, 4) is 0 Å². The third-order valence-corrected chi connectivity index (χ3v) is 8.40. The topological polar surface area (TPSA) is 63.9 Å². The molecule has 0 N–H and O–H groups in total. The summed E-state index contributed by atoms with van der Waals surface area (Å²) in [5.74, 6) is 0. The highest BCUT2D eigenvalue weighted by Gasteiger charge is 2.26. The van der Waals surface area contributed by atoms with Crippen molar-refractivity contribution in [2.75, 3.05) is 26.3 Å². The average Bonchev–Trinajstić information content (AvgIpc) is 3.09. The van der Waals surface area contributed by atoms with Crippen LogP contribution in [0.4, 0.5) is 5.69 Å². The van der Waals surface area contributed by atoms with Gasteiger partial charge in [0.25, 0.3) is 0 Å². The minimum absolute atomic E-state index is 0.316. The molecule has 8 heteroatoms. The molecule has 0 radical (unpaired) electrons. The lowest BCUT2D eigenvalue weighted by atomic mass is 9.95. The van der Waals surface area contributed by atoms with Crippen LogP contribution in [0.15, 0.2) is 39.5 Å². The predicted octanol–water partition coefficient (Wildman–Crippen LogP) is 3.62.